The Bertz CT molecular complexity index is 297. The molecule has 0 aliphatic carbocycles. The summed E-state index contributed by atoms with van der Waals surface area (Å²) in [4.78, 5) is 4.07. The maximum atomic E-state index is 5.96. The molecule has 0 radical (unpaired) electrons. The minimum absolute atomic E-state index is 0.341. The summed E-state index contributed by atoms with van der Waals surface area (Å²) < 4.78 is 0.691. The van der Waals surface area contributed by atoms with E-state index in [-0.39, 0.29) is 0 Å². The first-order valence-corrected chi connectivity index (χ1v) is 6.84. The molecule has 0 aliphatic rings. The molecule has 0 amide bonds. The van der Waals surface area contributed by atoms with E-state index in [0.29, 0.717) is 25.9 Å². The van der Waals surface area contributed by atoms with Crippen LogP contribution in [0.15, 0.2) is 40.5 Å². The monoisotopic (exact) mass is 342 g/mol. The average molecular weight is 343 g/mol. The van der Waals surface area contributed by atoms with Crippen molar-refractivity contribution in [3.63, 3.8) is 0 Å². The number of aliphatic imine (C=N–C) groups is 1. The molecule has 0 saturated carbocycles. The topological polar surface area (TPSA) is 38.4 Å². The predicted molar refractivity (Wildman–Crippen MR) is 76.2 cm³/mol. The summed E-state index contributed by atoms with van der Waals surface area (Å²) in [6.45, 7) is 7.35. The lowest BCUT2D eigenvalue weighted by atomic mass is 10.2. The van der Waals surface area contributed by atoms with Gasteiger partial charge in [0.15, 0.2) is 0 Å². The highest BCUT2D eigenvalue weighted by atomic mass is 127. The van der Waals surface area contributed by atoms with Gasteiger partial charge in [0.2, 0.25) is 0 Å². The average Bonchev–Trinajstić information content (AvgIpc) is 2.18. The molecule has 0 saturated heterocycles. The molecule has 0 heterocycles. The van der Waals surface area contributed by atoms with E-state index < -0.39 is 0 Å². The molecule has 0 fully saturated rings. The van der Waals surface area contributed by atoms with Crippen molar-refractivity contribution in [3.05, 3.63) is 35.5 Å². The van der Waals surface area contributed by atoms with Gasteiger partial charge in [0.1, 0.15) is 5.17 Å². The Labute approximate surface area is 108 Å². The summed E-state index contributed by atoms with van der Waals surface area (Å²) in [5, 5.41) is 0.990. The van der Waals surface area contributed by atoms with E-state index in [1.54, 1.807) is 6.08 Å². The number of halogens is 2. The molecule has 0 atom stereocenters. The standard InChI is InChI=1S/C9H12ClIN2S/c1-4-7(8(12)5-11)9(10)13-6(2)14-3/h4H,1-2,5,12H2,3H3/b8-7-,13-9+. The van der Waals surface area contributed by atoms with Crippen molar-refractivity contribution < 1.29 is 0 Å². The summed E-state index contributed by atoms with van der Waals surface area (Å²) in [5.74, 6) is 0. The van der Waals surface area contributed by atoms with Crippen LogP contribution < -0.4 is 5.73 Å². The summed E-state index contributed by atoms with van der Waals surface area (Å²) in [5.41, 5.74) is 7.09. The normalized spacial score (nSPS) is 13.5. The number of alkyl halides is 1. The number of hydrogen-bond acceptors (Lipinski definition) is 3. The maximum Gasteiger partial charge on any atom is 0.139 e. The SMILES string of the molecule is C=CC(=C(/N)CI)/C(Cl)=N\C(=C)SC. The van der Waals surface area contributed by atoms with Crippen molar-refractivity contribution in [2.45, 2.75) is 0 Å². The molecule has 0 spiro atoms. The lowest BCUT2D eigenvalue weighted by molar-refractivity contribution is 1.32. The van der Waals surface area contributed by atoms with Crippen LogP contribution in [0, 0.1) is 0 Å². The highest BCUT2D eigenvalue weighted by Crippen LogP contribution is 2.16. The first-order valence-electron chi connectivity index (χ1n) is 3.71. The molecular formula is C9H12ClIN2S. The number of thioether (sulfide) groups is 1. The number of nitrogens with zero attached hydrogens (tertiary/aromatic N) is 1. The van der Waals surface area contributed by atoms with Gasteiger partial charge >= 0.3 is 0 Å². The zero-order valence-corrected chi connectivity index (χ0v) is 11.6. The van der Waals surface area contributed by atoms with E-state index in [0.717, 1.165) is 0 Å². The Morgan fingerprint density at radius 2 is 2.29 bits per heavy atom. The largest absolute Gasteiger partial charge is 0.401 e. The molecule has 5 heteroatoms. The zero-order chi connectivity index (χ0) is 11.1. The molecule has 14 heavy (non-hydrogen) atoms. The Hall–Kier alpha value is 0.0600. The zero-order valence-electron chi connectivity index (χ0n) is 7.89. The van der Waals surface area contributed by atoms with E-state index in [2.05, 4.69) is 40.7 Å². The second kappa shape index (κ2) is 7.36. The highest BCUT2D eigenvalue weighted by molar-refractivity contribution is 14.1. The van der Waals surface area contributed by atoms with Crippen molar-refractivity contribution in [1.82, 2.24) is 0 Å². The van der Waals surface area contributed by atoms with Crippen LogP contribution in [0.5, 0.6) is 0 Å². The van der Waals surface area contributed by atoms with Gasteiger partial charge in [0, 0.05) is 15.7 Å². The van der Waals surface area contributed by atoms with Crippen molar-refractivity contribution in [3.8, 4) is 0 Å². The van der Waals surface area contributed by atoms with Crippen LogP contribution in [-0.4, -0.2) is 15.9 Å². The number of hydrogen-bond donors (Lipinski definition) is 1. The van der Waals surface area contributed by atoms with Crippen LogP contribution in [0.3, 0.4) is 0 Å². The van der Waals surface area contributed by atoms with Crippen molar-refractivity contribution in [1.29, 1.82) is 0 Å². The van der Waals surface area contributed by atoms with Crippen LogP contribution >= 0.6 is 46.0 Å². The third-order valence-electron chi connectivity index (χ3n) is 1.37. The summed E-state index contributed by atoms with van der Waals surface area (Å²) in [6.07, 6.45) is 3.49. The van der Waals surface area contributed by atoms with Gasteiger partial charge in [-0.25, -0.2) is 4.99 Å². The molecule has 0 aromatic carbocycles. The second-order valence-electron chi connectivity index (χ2n) is 2.28. The number of nitrogens with two attached hydrogens (primary N) is 1. The van der Waals surface area contributed by atoms with Crippen LogP contribution in [0.1, 0.15) is 0 Å². The first-order chi connectivity index (χ1) is 6.56. The summed E-state index contributed by atoms with van der Waals surface area (Å²) >= 11 is 9.55. The predicted octanol–water partition coefficient (Wildman–Crippen LogP) is 3.29. The summed E-state index contributed by atoms with van der Waals surface area (Å²) in [7, 11) is 0. The third kappa shape index (κ3) is 4.52. The minimum Gasteiger partial charge on any atom is -0.401 e. The Morgan fingerprint density at radius 1 is 1.71 bits per heavy atom. The number of rotatable bonds is 5. The van der Waals surface area contributed by atoms with Gasteiger partial charge in [-0.1, -0.05) is 53.4 Å². The van der Waals surface area contributed by atoms with Gasteiger partial charge in [-0.05, 0) is 6.26 Å². The number of allylic oxidation sites excluding steroid dienone is 3. The molecule has 2 N–H and O–H groups in total. The van der Waals surface area contributed by atoms with Crippen molar-refractivity contribution in [2.75, 3.05) is 10.7 Å². The van der Waals surface area contributed by atoms with Gasteiger partial charge in [0.25, 0.3) is 0 Å². The lowest BCUT2D eigenvalue weighted by Gasteiger charge is -2.04. The molecule has 78 valence electrons. The first kappa shape index (κ1) is 14.1. The van der Waals surface area contributed by atoms with Crippen LogP contribution in [0.2, 0.25) is 0 Å². The maximum absolute atomic E-state index is 5.96. The van der Waals surface area contributed by atoms with Crippen LogP contribution in [0.4, 0.5) is 0 Å². The molecule has 0 unspecified atom stereocenters. The molecule has 0 rings (SSSR count). The molecule has 0 aliphatic heterocycles. The highest BCUT2D eigenvalue weighted by Gasteiger charge is 2.05. The third-order valence-corrected chi connectivity index (χ3v) is 3.05. The molecule has 0 aromatic rings. The molecular weight excluding hydrogens is 331 g/mol. The van der Waals surface area contributed by atoms with Gasteiger partial charge < -0.3 is 5.73 Å². The van der Waals surface area contributed by atoms with Crippen LogP contribution in [-0.2, 0) is 0 Å². The Morgan fingerprint density at radius 3 is 2.64 bits per heavy atom. The van der Waals surface area contributed by atoms with E-state index >= 15 is 0 Å². The van der Waals surface area contributed by atoms with Crippen LogP contribution in [0.25, 0.3) is 0 Å². The fourth-order valence-electron chi connectivity index (χ4n) is 0.635. The fraction of sp³-hybridized carbons (Fsp3) is 0.222. The fourth-order valence-corrected chi connectivity index (χ4v) is 1.58. The Kier molecular flexibility index (Phi) is 7.40. The summed E-state index contributed by atoms with van der Waals surface area (Å²) in [6, 6.07) is 0. The van der Waals surface area contributed by atoms with E-state index in [1.165, 1.54) is 11.8 Å². The Balaban J connectivity index is 4.98. The van der Waals surface area contributed by atoms with E-state index in [1.807, 2.05) is 6.26 Å². The second-order valence-corrected chi connectivity index (χ2v) is 4.28. The van der Waals surface area contributed by atoms with Gasteiger partial charge in [0.05, 0.1) is 5.03 Å². The van der Waals surface area contributed by atoms with E-state index in [9.17, 15) is 0 Å². The minimum atomic E-state index is 0.341. The van der Waals surface area contributed by atoms with Crippen molar-refractivity contribution in [2.24, 2.45) is 10.7 Å². The van der Waals surface area contributed by atoms with Gasteiger partial charge in [-0.3, -0.25) is 0 Å². The van der Waals surface area contributed by atoms with Crippen molar-refractivity contribution >= 4 is 51.1 Å². The van der Waals surface area contributed by atoms with Gasteiger partial charge in [-0.2, -0.15) is 0 Å². The quantitative estimate of drug-likeness (QED) is 0.360. The smallest absolute Gasteiger partial charge is 0.139 e. The van der Waals surface area contributed by atoms with E-state index in [4.69, 9.17) is 17.3 Å². The molecule has 2 nitrogen and oxygen atoms in total. The lowest BCUT2D eigenvalue weighted by Crippen LogP contribution is -2.06. The molecule has 0 aromatic heterocycles. The molecule has 0 bridgehead atoms. The van der Waals surface area contributed by atoms with Gasteiger partial charge in [-0.15, -0.1) is 11.8 Å².